The quantitative estimate of drug-likeness (QED) is 0.731. The van der Waals surface area contributed by atoms with Gasteiger partial charge in [-0.1, -0.05) is 6.07 Å². The van der Waals surface area contributed by atoms with Crippen molar-refractivity contribution in [2.24, 2.45) is 0 Å². The van der Waals surface area contributed by atoms with Crippen LogP contribution in [-0.2, 0) is 4.74 Å². The number of ether oxygens (including phenoxy) is 1. The first-order chi connectivity index (χ1) is 7.43. The molecule has 1 saturated heterocycles. The number of fused-ring (bicyclic) bond motifs is 1. The molecule has 2 nitrogen and oxygen atoms in total. The molecule has 1 fully saturated rings. The molecule has 0 spiro atoms. The highest BCUT2D eigenvalue weighted by Crippen LogP contribution is 2.26. The standard InChI is InChI=1S/C12H13NOS/c1-2-11(13-4-6-14-7-5-13)9-12-10(1)3-8-15-12/h1-3,8-9H,4-7H2. The highest BCUT2D eigenvalue weighted by atomic mass is 32.1. The largest absolute Gasteiger partial charge is 0.378 e. The van der Waals surface area contributed by atoms with E-state index in [2.05, 4.69) is 34.5 Å². The molecule has 1 aliphatic heterocycles. The van der Waals surface area contributed by atoms with Crippen molar-refractivity contribution in [3.05, 3.63) is 29.6 Å². The number of nitrogens with zero attached hydrogens (tertiary/aromatic N) is 1. The van der Waals surface area contributed by atoms with Crippen LogP contribution in [0.25, 0.3) is 10.1 Å². The van der Waals surface area contributed by atoms with Gasteiger partial charge in [-0.2, -0.15) is 0 Å². The second kappa shape index (κ2) is 3.83. The molecule has 3 rings (SSSR count). The van der Waals surface area contributed by atoms with E-state index in [1.54, 1.807) is 0 Å². The second-order valence-electron chi connectivity index (χ2n) is 3.74. The number of morpholine rings is 1. The lowest BCUT2D eigenvalue weighted by atomic mass is 10.2. The van der Waals surface area contributed by atoms with Gasteiger partial charge in [0.25, 0.3) is 0 Å². The minimum Gasteiger partial charge on any atom is -0.378 e. The fourth-order valence-electron chi connectivity index (χ4n) is 1.96. The minimum atomic E-state index is 0.850. The van der Waals surface area contributed by atoms with Gasteiger partial charge in [0, 0.05) is 23.5 Å². The first-order valence-corrected chi connectivity index (χ1v) is 6.11. The van der Waals surface area contributed by atoms with Crippen molar-refractivity contribution >= 4 is 27.1 Å². The van der Waals surface area contributed by atoms with Gasteiger partial charge >= 0.3 is 0 Å². The van der Waals surface area contributed by atoms with Crippen molar-refractivity contribution in [3.63, 3.8) is 0 Å². The summed E-state index contributed by atoms with van der Waals surface area (Å²) in [6, 6.07) is 8.87. The van der Waals surface area contributed by atoms with E-state index in [9.17, 15) is 0 Å². The third-order valence-electron chi connectivity index (χ3n) is 2.82. The van der Waals surface area contributed by atoms with Crippen LogP contribution in [0.5, 0.6) is 0 Å². The summed E-state index contributed by atoms with van der Waals surface area (Å²) in [7, 11) is 0. The van der Waals surface area contributed by atoms with E-state index >= 15 is 0 Å². The third kappa shape index (κ3) is 1.73. The molecule has 0 unspecified atom stereocenters. The molecule has 0 saturated carbocycles. The first-order valence-electron chi connectivity index (χ1n) is 5.23. The SMILES string of the molecule is c1cc2ccc(N3CCOCC3)cc2s1. The van der Waals surface area contributed by atoms with Gasteiger partial charge in [0.15, 0.2) is 0 Å². The zero-order chi connectivity index (χ0) is 10.1. The van der Waals surface area contributed by atoms with E-state index in [1.807, 2.05) is 11.3 Å². The van der Waals surface area contributed by atoms with Crippen LogP contribution in [0, 0.1) is 0 Å². The highest BCUT2D eigenvalue weighted by molar-refractivity contribution is 7.17. The summed E-state index contributed by atoms with van der Waals surface area (Å²) in [5.74, 6) is 0. The molecule has 1 aliphatic rings. The molecule has 1 aromatic heterocycles. The molecule has 0 amide bonds. The molecule has 1 aromatic carbocycles. The maximum Gasteiger partial charge on any atom is 0.0642 e. The van der Waals surface area contributed by atoms with Gasteiger partial charge in [-0.05, 0) is 29.0 Å². The summed E-state index contributed by atoms with van der Waals surface area (Å²) >= 11 is 1.81. The highest BCUT2D eigenvalue weighted by Gasteiger charge is 2.11. The van der Waals surface area contributed by atoms with E-state index in [4.69, 9.17) is 4.74 Å². The van der Waals surface area contributed by atoms with Crippen molar-refractivity contribution in [2.75, 3.05) is 31.2 Å². The average molecular weight is 219 g/mol. The predicted octanol–water partition coefficient (Wildman–Crippen LogP) is 2.74. The maximum absolute atomic E-state index is 5.35. The van der Waals surface area contributed by atoms with Crippen molar-refractivity contribution < 1.29 is 4.74 Å². The summed E-state index contributed by atoms with van der Waals surface area (Å²) in [6.07, 6.45) is 0. The van der Waals surface area contributed by atoms with Crippen molar-refractivity contribution in [2.45, 2.75) is 0 Å². The van der Waals surface area contributed by atoms with Crippen molar-refractivity contribution in [1.29, 1.82) is 0 Å². The Kier molecular flexibility index (Phi) is 2.35. The van der Waals surface area contributed by atoms with E-state index in [0.717, 1.165) is 26.3 Å². The summed E-state index contributed by atoms with van der Waals surface area (Å²) < 4.78 is 6.73. The van der Waals surface area contributed by atoms with E-state index in [-0.39, 0.29) is 0 Å². The molecule has 78 valence electrons. The van der Waals surface area contributed by atoms with Crippen LogP contribution < -0.4 is 4.90 Å². The number of hydrogen-bond acceptors (Lipinski definition) is 3. The van der Waals surface area contributed by atoms with E-state index in [1.165, 1.54) is 15.8 Å². The molecule has 3 heteroatoms. The normalized spacial score (nSPS) is 17.2. The molecular weight excluding hydrogens is 206 g/mol. The average Bonchev–Trinajstić information content (AvgIpc) is 2.77. The Hall–Kier alpha value is -1.06. The Labute approximate surface area is 93.1 Å². The molecular formula is C12H13NOS. The van der Waals surface area contributed by atoms with E-state index in [0.29, 0.717) is 0 Å². The lowest BCUT2D eigenvalue weighted by molar-refractivity contribution is 0.122. The second-order valence-corrected chi connectivity index (χ2v) is 4.69. The van der Waals surface area contributed by atoms with Crippen LogP contribution in [0.2, 0.25) is 0 Å². The van der Waals surface area contributed by atoms with Crippen LogP contribution in [-0.4, -0.2) is 26.3 Å². The number of rotatable bonds is 1. The molecule has 0 radical (unpaired) electrons. The zero-order valence-electron chi connectivity index (χ0n) is 8.48. The van der Waals surface area contributed by atoms with E-state index < -0.39 is 0 Å². The van der Waals surface area contributed by atoms with Crippen molar-refractivity contribution in [1.82, 2.24) is 0 Å². The number of benzene rings is 1. The summed E-state index contributed by atoms with van der Waals surface area (Å²) in [4.78, 5) is 2.39. The van der Waals surface area contributed by atoms with Crippen LogP contribution in [0.4, 0.5) is 5.69 Å². The predicted molar refractivity (Wildman–Crippen MR) is 64.9 cm³/mol. The third-order valence-corrected chi connectivity index (χ3v) is 3.70. The van der Waals surface area contributed by atoms with Crippen molar-refractivity contribution in [3.8, 4) is 0 Å². The van der Waals surface area contributed by atoms with Crippen LogP contribution >= 0.6 is 11.3 Å². The summed E-state index contributed by atoms with van der Waals surface area (Å²) in [5, 5.41) is 3.49. The number of hydrogen-bond donors (Lipinski definition) is 0. The molecule has 0 aliphatic carbocycles. The van der Waals surface area contributed by atoms with Crippen LogP contribution in [0.15, 0.2) is 29.6 Å². The molecule has 0 atom stereocenters. The zero-order valence-corrected chi connectivity index (χ0v) is 9.30. The van der Waals surface area contributed by atoms with Gasteiger partial charge in [-0.15, -0.1) is 11.3 Å². The molecule has 2 aromatic rings. The van der Waals surface area contributed by atoms with Crippen LogP contribution in [0.1, 0.15) is 0 Å². The topological polar surface area (TPSA) is 12.5 Å². The minimum absolute atomic E-state index is 0.850. The van der Waals surface area contributed by atoms with Gasteiger partial charge in [-0.25, -0.2) is 0 Å². The fourth-order valence-corrected chi connectivity index (χ4v) is 2.78. The first kappa shape index (κ1) is 9.19. The maximum atomic E-state index is 5.35. The van der Waals surface area contributed by atoms with Crippen LogP contribution in [0.3, 0.4) is 0 Å². The van der Waals surface area contributed by atoms with Gasteiger partial charge in [-0.3, -0.25) is 0 Å². The van der Waals surface area contributed by atoms with Gasteiger partial charge in [0.2, 0.25) is 0 Å². The Morgan fingerprint density at radius 3 is 2.87 bits per heavy atom. The Morgan fingerprint density at radius 2 is 2.00 bits per heavy atom. The molecule has 15 heavy (non-hydrogen) atoms. The molecule has 0 N–H and O–H groups in total. The fraction of sp³-hybridized carbons (Fsp3) is 0.333. The van der Waals surface area contributed by atoms with Gasteiger partial charge in [0.1, 0.15) is 0 Å². The summed E-state index contributed by atoms with van der Waals surface area (Å²) in [6.45, 7) is 3.72. The lowest BCUT2D eigenvalue weighted by Gasteiger charge is -2.28. The Balaban J connectivity index is 1.95. The summed E-state index contributed by atoms with van der Waals surface area (Å²) in [5.41, 5.74) is 1.33. The Bertz CT molecular complexity index is 459. The van der Waals surface area contributed by atoms with Gasteiger partial charge in [0.05, 0.1) is 13.2 Å². The Morgan fingerprint density at radius 1 is 1.13 bits per heavy atom. The van der Waals surface area contributed by atoms with Gasteiger partial charge < -0.3 is 9.64 Å². The number of thiophene rings is 1. The monoisotopic (exact) mass is 219 g/mol. The lowest BCUT2D eigenvalue weighted by Crippen LogP contribution is -2.36. The number of anilines is 1. The smallest absolute Gasteiger partial charge is 0.0642 e. The molecule has 2 heterocycles. The molecule has 0 bridgehead atoms.